The summed E-state index contributed by atoms with van der Waals surface area (Å²) in [7, 11) is 0. The molecular formula is C23H30N2O2. The molecular weight excluding hydrogens is 336 g/mol. The lowest BCUT2D eigenvalue weighted by Gasteiger charge is -2.54. The summed E-state index contributed by atoms with van der Waals surface area (Å²) in [5.41, 5.74) is 3.07. The van der Waals surface area contributed by atoms with Crippen LogP contribution in [0.1, 0.15) is 64.1 Å². The zero-order valence-corrected chi connectivity index (χ0v) is 16.7. The number of piperidine rings is 1. The van der Waals surface area contributed by atoms with E-state index in [0.717, 1.165) is 43.4 Å². The van der Waals surface area contributed by atoms with Crippen LogP contribution in [0.2, 0.25) is 0 Å². The minimum absolute atomic E-state index is 0.0155. The van der Waals surface area contributed by atoms with Crippen molar-refractivity contribution in [3.63, 3.8) is 0 Å². The van der Waals surface area contributed by atoms with Crippen molar-refractivity contribution in [3.05, 3.63) is 35.5 Å². The summed E-state index contributed by atoms with van der Waals surface area (Å²) in [4.78, 5) is 32.0. The Balaban J connectivity index is 1.97. The van der Waals surface area contributed by atoms with E-state index >= 15 is 0 Å². The molecule has 4 rings (SSSR count). The number of aromatic amines is 1. The van der Waals surface area contributed by atoms with Crippen LogP contribution >= 0.6 is 0 Å². The minimum Gasteiger partial charge on any atom is -0.356 e. The second kappa shape index (κ2) is 6.81. The monoisotopic (exact) mass is 366 g/mol. The number of carbonyl (C=O) groups excluding carboxylic acids is 2. The van der Waals surface area contributed by atoms with Gasteiger partial charge < -0.3 is 9.88 Å². The van der Waals surface area contributed by atoms with E-state index < -0.39 is 5.54 Å². The van der Waals surface area contributed by atoms with Gasteiger partial charge in [0.1, 0.15) is 5.78 Å². The van der Waals surface area contributed by atoms with Crippen molar-refractivity contribution in [3.8, 4) is 0 Å². The van der Waals surface area contributed by atoms with E-state index in [1.165, 1.54) is 10.9 Å². The molecule has 1 fully saturated rings. The maximum Gasteiger partial charge on any atom is 0.223 e. The van der Waals surface area contributed by atoms with Gasteiger partial charge in [-0.05, 0) is 30.9 Å². The first-order chi connectivity index (χ1) is 13.0. The van der Waals surface area contributed by atoms with Crippen LogP contribution in [0.15, 0.2) is 24.3 Å². The number of nitrogens with zero attached hydrogens (tertiary/aromatic N) is 1. The predicted octanol–water partition coefficient (Wildman–Crippen LogP) is 4.57. The van der Waals surface area contributed by atoms with Crippen LogP contribution in [0.25, 0.3) is 10.9 Å². The molecule has 0 spiro atoms. The van der Waals surface area contributed by atoms with Gasteiger partial charge in [0.2, 0.25) is 5.91 Å². The summed E-state index contributed by atoms with van der Waals surface area (Å²) >= 11 is 0. The molecule has 1 amide bonds. The lowest BCUT2D eigenvalue weighted by molar-refractivity contribution is -0.155. The van der Waals surface area contributed by atoms with Crippen molar-refractivity contribution < 1.29 is 9.59 Å². The van der Waals surface area contributed by atoms with E-state index in [9.17, 15) is 9.59 Å². The Morgan fingerprint density at radius 3 is 2.81 bits per heavy atom. The summed E-state index contributed by atoms with van der Waals surface area (Å²) in [5, 5.41) is 1.25. The average molecular weight is 367 g/mol. The molecule has 0 saturated carbocycles. The summed E-state index contributed by atoms with van der Waals surface area (Å²) in [6, 6.07) is 8.39. The third-order valence-corrected chi connectivity index (χ3v) is 6.66. The molecule has 1 N–H and O–H groups in total. The quantitative estimate of drug-likeness (QED) is 0.842. The number of benzene rings is 1. The lowest BCUT2D eigenvalue weighted by atomic mass is 9.65. The van der Waals surface area contributed by atoms with E-state index in [2.05, 4.69) is 35.0 Å². The normalized spacial score (nSPS) is 25.0. The third-order valence-electron chi connectivity index (χ3n) is 6.66. The number of ketones is 1. The number of amides is 1. The molecule has 2 atom stereocenters. The van der Waals surface area contributed by atoms with E-state index in [4.69, 9.17) is 0 Å². The van der Waals surface area contributed by atoms with Gasteiger partial charge >= 0.3 is 0 Å². The molecule has 27 heavy (non-hydrogen) atoms. The fraction of sp³-hybridized carbons (Fsp3) is 0.565. The van der Waals surface area contributed by atoms with Gasteiger partial charge in [0, 0.05) is 41.4 Å². The molecule has 2 aromatic rings. The van der Waals surface area contributed by atoms with Crippen molar-refractivity contribution in [1.82, 2.24) is 9.88 Å². The highest BCUT2D eigenvalue weighted by molar-refractivity contribution is 5.91. The van der Waals surface area contributed by atoms with Crippen LogP contribution < -0.4 is 0 Å². The second-order valence-electron chi connectivity index (χ2n) is 8.50. The number of unbranched alkanes of at least 4 members (excludes halogenated alkanes) is 1. The average Bonchev–Trinajstić information content (AvgIpc) is 3.05. The molecule has 144 valence electrons. The first-order valence-corrected chi connectivity index (χ1v) is 10.4. The van der Waals surface area contributed by atoms with Crippen LogP contribution in [0.3, 0.4) is 0 Å². The standard InChI is InChI=1S/C23H30N2O2/c1-4-5-13-23-18(21(27)15(2)3)10-11-20(26)25(23)14-12-17-16-8-6-7-9-19(16)24-22(17)23/h6-9,15,18,24H,4-5,10-14H2,1-3H3/t18-,23+/m1/s1. The van der Waals surface area contributed by atoms with Crippen molar-refractivity contribution in [1.29, 1.82) is 0 Å². The van der Waals surface area contributed by atoms with Crippen molar-refractivity contribution in [2.24, 2.45) is 11.8 Å². The minimum atomic E-state index is -0.501. The molecule has 0 unspecified atom stereocenters. The highest BCUT2D eigenvalue weighted by Gasteiger charge is 2.56. The van der Waals surface area contributed by atoms with Gasteiger partial charge in [0.05, 0.1) is 5.54 Å². The van der Waals surface area contributed by atoms with Gasteiger partial charge in [-0.15, -0.1) is 0 Å². The molecule has 0 radical (unpaired) electrons. The first kappa shape index (κ1) is 18.3. The zero-order valence-electron chi connectivity index (χ0n) is 16.7. The van der Waals surface area contributed by atoms with E-state index in [-0.39, 0.29) is 17.7 Å². The Morgan fingerprint density at radius 2 is 2.07 bits per heavy atom. The number of H-pyrrole nitrogens is 1. The molecule has 2 aliphatic heterocycles. The number of fused-ring (bicyclic) bond motifs is 5. The van der Waals surface area contributed by atoms with Crippen LogP contribution in [-0.2, 0) is 21.5 Å². The molecule has 3 heterocycles. The second-order valence-corrected chi connectivity index (χ2v) is 8.50. The number of rotatable bonds is 5. The Labute approximate surface area is 161 Å². The predicted molar refractivity (Wildman–Crippen MR) is 107 cm³/mol. The van der Waals surface area contributed by atoms with Crippen LogP contribution in [0, 0.1) is 11.8 Å². The zero-order chi connectivity index (χ0) is 19.2. The topological polar surface area (TPSA) is 53.2 Å². The SMILES string of the molecule is CCCC[C@]12c3[nH]c4ccccc4c3CCN1C(=O)CC[C@@H]2C(=O)C(C)C. The van der Waals surface area contributed by atoms with Gasteiger partial charge in [-0.1, -0.05) is 51.8 Å². The Bertz CT molecular complexity index is 882. The summed E-state index contributed by atoms with van der Waals surface area (Å²) < 4.78 is 0. The summed E-state index contributed by atoms with van der Waals surface area (Å²) in [6.45, 7) is 6.89. The molecule has 1 aromatic heterocycles. The van der Waals surface area contributed by atoms with Crippen molar-refractivity contribution in [2.45, 2.75) is 64.8 Å². The number of para-hydroxylation sites is 1. The summed E-state index contributed by atoms with van der Waals surface area (Å²) in [6.07, 6.45) is 4.96. The van der Waals surface area contributed by atoms with Crippen molar-refractivity contribution >= 4 is 22.6 Å². The summed E-state index contributed by atoms with van der Waals surface area (Å²) in [5.74, 6) is 0.380. The van der Waals surface area contributed by atoms with E-state index in [1.807, 2.05) is 19.9 Å². The number of nitrogens with one attached hydrogen (secondary N) is 1. The molecule has 4 heteroatoms. The lowest BCUT2D eigenvalue weighted by Crippen LogP contribution is -2.62. The number of aromatic nitrogens is 1. The van der Waals surface area contributed by atoms with Gasteiger partial charge in [0.15, 0.2) is 0 Å². The molecule has 1 aromatic carbocycles. The van der Waals surface area contributed by atoms with E-state index in [1.54, 1.807) is 0 Å². The van der Waals surface area contributed by atoms with Crippen LogP contribution in [0.4, 0.5) is 0 Å². The van der Waals surface area contributed by atoms with Crippen LogP contribution in [-0.4, -0.2) is 28.1 Å². The van der Waals surface area contributed by atoms with E-state index in [0.29, 0.717) is 18.6 Å². The molecule has 1 saturated heterocycles. The smallest absolute Gasteiger partial charge is 0.223 e. The Kier molecular flexibility index (Phi) is 4.61. The molecule has 4 nitrogen and oxygen atoms in total. The number of hydrogen-bond acceptors (Lipinski definition) is 2. The fourth-order valence-electron chi connectivity index (χ4n) is 5.40. The van der Waals surface area contributed by atoms with Crippen molar-refractivity contribution in [2.75, 3.05) is 6.54 Å². The van der Waals surface area contributed by atoms with Gasteiger partial charge in [-0.25, -0.2) is 0 Å². The number of Topliss-reactive ketones (excluding diaryl/α,β-unsaturated/α-hetero) is 1. The van der Waals surface area contributed by atoms with Crippen LogP contribution in [0.5, 0.6) is 0 Å². The van der Waals surface area contributed by atoms with Gasteiger partial charge in [0.25, 0.3) is 0 Å². The highest BCUT2D eigenvalue weighted by atomic mass is 16.2. The first-order valence-electron chi connectivity index (χ1n) is 10.4. The number of carbonyl (C=O) groups is 2. The largest absolute Gasteiger partial charge is 0.356 e. The molecule has 0 aliphatic carbocycles. The maximum absolute atomic E-state index is 13.3. The highest BCUT2D eigenvalue weighted by Crippen LogP contribution is 2.51. The Hall–Kier alpha value is -2.10. The Morgan fingerprint density at radius 1 is 1.30 bits per heavy atom. The fourth-order valence-corrected chi connectivity index (χ4v) is 5.40. The molecule has 2 aliphatic rings. The van der Waals surface area contributed by atoms with Gasteiger partial charge in [-0.2, -0.15) is 0 Å². The third kappa shape index (κ3) is 2.64. The molecule has 0 bridgehead atoms. The van der Waals surface area contributed by atoms with Gasteiger partial charge in [-0.3, -0.25) is 9.59 Å². The number of hydrogen-bond donors (Lipinski definition) is 1. The maximum atomic E-state index is 13.3.